The third-order valence-corrected chi connectivity index (χ3v) is 3.03. The molecule has 3 rings (SSSR count). The summed E-state index contributed by atoms with van der Waals surface area (Å²) in [5.41, 5.74) is 1.03. The van der Waals surface area contributed by atoms with E-state index in [1.807, 2.05) is 30.5 Å². The number of nitrogens with zero attached hydrogens (tertiary/aromatic N) is 2. The topological polar surface area (TPSA) is 35.0 Å². The summed E-state index contributed by atoms with van der Waals surface area (Å²) in [4.78, 5) is 9.05. The lowest BCUT2D eigenvalue weighted by molar-refractivity contribution is 0.0781. The van der Waals surface area contributed by atoms with Crippen molar-refractivity contribution >= 4 is 10.9 Å². The van der Waals surface area contributed by atoms with E-state index in [2.05, 4.69) is 9.97 Å². The Hall–Kier alpha value is -1.48. The molecule has 0 amide bonds. The van der Waals surface area contributed by atoms with Gasteiger partial charge in [-0.15, -0.1) is 0 Å². The predicted molar refractivity (Wildman–Crippen MR) is 62.3 cm³/mol. The van der Waals surface area contributed by atoms with Crippen molar-refractivity contribution < 1.29 is 4.74 Å². The molecular formula is C13H14N2O. The number of fused-ring (bicyclic) bond motifs is 1. The molecule has 2 heterocycles. The van der Waals surface area contributed by atoms with Crippen LogP contribution in [-0.4, -0.2) is 23.2 Å². The molecule has 0 unspecified atom stereocenters. The van der Waals surface area contributed by atoms with Gasteiger partial charge in [-0.3, -0.25) is 0 Å². The maximum absolute atomic E-state index is 5.47. The SMILES string of the molecule is c1ccc2nc([C@H]3CCCOC3)ncc2c1. The molecule has 0 N–H and O–H groups in total. The number of benzene rings is 1. The molecule has 2 aromatic rings. The first-order valence-electron chi connectivity index (χ1n) is 5.73. The standard InChI is InChI=1S/C13H14N2O/c1-2-6-12-10(4-1)8-14-13(15-12)11-5-3-7-16-9-11/h1-2,4,6,8,11H,3,5,7,9H2/t11-/m0/s1. The average molecular weight is 214 g/mol. The van der Waals surface area contributed by atoms with Crippen molar-refractivity contribution in [2.24, 2.45) is 0 Å². The molecule has 1 aliphatic heterocycles. The molecule has 1 saturated heterocycles. The van der Waals surface area contributed by atoms with Gasteiger partial charge in [-0.25, -0.2) is 9.97 Å². The van der Waals surface area contributed by atoms with E-state index < -0.39 is 0 Å². The van der Waals surface area contributed by atoms with E-state index in [0.717, 1.165) is 42.8 Å². The molecule has 1 aromatic heterocycles. The van der Waals surface area contributed by atoms with Crippen molar-refractivity contribution in [1.29, 1.82) is 0 Å². The molecule has 1 atom stereocenters. The molecule has 1 aliphatic rings. The maximum atomic E-state index is 5.47. The van der Waals surface area contributed by atoms with Crippen LogP contribution in [0.1, 0.15) is 24.6 Å². The van der Waals surface area contributed by atoms with E-state index in [9.17, 15) is 0 Å². The van der Waals surface area contributed by atoms with Crippen LogP contribution >= 0.6 is 0 Å². The van der Waals surface area contributed by atoms with Gasteiger partial charge in [0.15, 0.2) is 0 Å². The minimum absolute atomic E-state index is 0.373. The highest BCUT2D eigenvalue weighted by Gasteiger charge is 2.18. The normalized spacial score (nSPS) is 21.1. The zero-order chi connectivity index (χ0) is 10.8. The van der Waals surface area contributed by atoms with E-state index in [0.29, 0.717) is 5.92 Å². The fourth-order valence-electron chi connectivity index (χ4n) is 2.13. The summed E-state index contributed by atoms with van der Waals surface area (Å²) in [5, 5.41) is 1.10. The van der Waals surface area contributed by atoms with Crippen molar-refractivity contribution in [2.45, 2.75) is 18.8 Å². The quantitative estimate of drug-likeness (QED) is 0.731. The fraction of sp³-hybridized carbons (Fsp3) is 0.385. The summed E-state index contributed by atoms with van der Waals surface area (Å²) in [6.07, 6.45) is 4.16. The highest BCUT2D eigenvalue weighted by molar-refractivity contribution is 5.77. The number of hydrogen-bond acceptors (Lipinski definition) is 3. The van der Waals surface area contributed by atoms with E-state index in [-0.39, 0.29) is 0 Å². The molecule has 1 aromatic carbocycles. The zero-order valence-corrected chi connectivity index (χ0v) is 9.10. The minimum atomic E-state index is 0.373. The maximum Gasteiger partial charge on any atom is 0.134 e. The number of hydrogen-bond donors (Lipinski definition) is 0. The van der Waals surface area contributed by atoms with Crippen LogP contribution in [0.3, 0.4) is 0 Å². The number of para-hydroxylation sites is 1. The van der Waals surface area contributed by atoms with Gasteiger partial charge in [0.2, 0.25) is 0 Å². The molecule has 0 saturated carbocycles. The summed E-state index contributed by atoms with van der Waals surface area (Å²) in [6.45, 7) is 1.64. The van der Waals surface area contributed by atoms with Gasteiger partial charge in [-0.2, -0.15) is 0 Å². The van der Waals surface area contributed by atoms with Gasteiger partial charge in [0.1, 0.15) is 5.82 Å². The predicted octanol–water partition coefficient (Wildman–Crippen LogP) is 2.52. The highest BCUT2D eigenvalue weighted by atomic mass is 16.5. The average Bonchev–Trinajstić information content (AvgIpc) is 2.39. The lowest BCUT2D eigenvalue weighted by Crippen LogP contribution is -2.17. The molecule has 1 fully saturated rings. The molecule has 0 spiro atoms. The smallest absolute Gasteiger partial charge is 0.134 e. The molecule has 3 heteroatoms. The Morgan fingerprint density at radius 1 is 1.25 bits per heavy atom. The molecule has 16 heavy (non-hydrogen) atoms. The second-order valence-corrected chi connectivity index (χ2v) is 4.20. The van der Waals surface area contributed by atoms with Crippen LogP contribution in [0.15, 0.2) is 30.5 Å². The minimum Gasteiger partial charge on any atom is -0.381 e. The van der Waals surface area contributed by atoms with Crippen LogP contribution in [0.5, 0.6) is 0 Å². The fourth-order valence-corrected chi connectivity index (χ4v) is 2.13. The molecule has 3 nitrogen and oxygen atoms in total. The second kappa shape index (κ2) is 4.18. The Morgan fingerprint density at radius 2 is 2.19 bits per heavy atom. The van der Waals surface area contributed by atoms with Crippen molar-refractivity contribution in [2.75, 3.05) is 13.2 Å². The number of aromatic nitrogens is 2. The van der Waals surface area contributed by atoms with Crippen LogP contribution < -0.4 is 0 Å². The summed E-state index contributed by atoms with van der Waals surface area (Å²) >= 11 is 0. The van der Waals surface area contributed by atoms with E-state index in [4.69, 9.17) is 4.74 Å². The first kappa shape index (κ1) is 9.73. The third kappa shape index (κ3) is 1.78. The van der Waals surface area contributed by atoms with E-state index in [1.54, 1.807) is 0 Å². The Morgan fingerprint density at radius 3 is 3.06 bits per heavy atom. The Balaban J connectivity index is 1.97. The Bertz CT molecular complexity index is 492. The second-order valence-electron chi connectivity index (χ2n) is 4.20. The third-order valence-electron chi connectivity index (χ3n) is 3.03. The van der Waals surface area contributed by atoms with Crippen molar-refractivity contribution in [3.63, 3.8) is 0 Å². The van der Waals surface area contributed by atoms with E-state index >= 15 is 0 Å². The molecule has 82 valence electrons. The van der Waals surface area contributed by atoms with Crippen LogP contribution in [0.4, 0.5) is 0 Å². The molecule has 0 radical (unpaired) electrons. The van der Waals surface area contributed by atoms with Gasteiger partial charge in [-0.05, 0) is 18.9 Å². The van der Waals surface area contributed by atoms with Gasteiger partial charge in [0, 0.05) is 24.1 Å². The zero-order valence-electron chi connectivity index (χ0n) is 9.10. The van der Waals surface area contributed by atoms with Crippen molar-refractivity contribution in [1.82, 2.24) is 9.97 Å². The Labute approximate surface area is 94.5 Å². The van der Waals surface area contributed by atoms with Crippen molar-refractivity contribution in [3.05, 3.63) is 36.3 Å². The van der Waals surface area contributed by atoms with Gasteiger partial charge in [0.05, 0.1) is 12.1 Å². The monoisotopic (exact) mass is 214 g/mol. The van der Waals surface area contributed by atoms with Crippen molar-refractivity contribution in [3.8, 4) is 0 Å². The van der Waals surface area contributed by atoms with Crippen LogP contribution in [0.25, 0.3) is 10.9 Å². The number of ether oxygens (including phenoxy) is 1. The summed E-state index contributed by atoms with van der Waals surface area (Å²) in [6, 6.07) is 8.09. The van der Waals surface area contributed by atoms with Gasteiger partial charge in [-0.1, -0.05) is 18.2 Å². The number of rotatable bonds is 1. The van der Waals surface area contributed by atoms with Crippen LogP contribution in [0.2, 0.25) is 0 Å². The Kier molecular flexibility index (Phi) is 2.54. The summed E-state index contributed by atoms with van der Waals surface area (Å²) < 4.78 is 5.47. The highest BCUT2D eigenvalue weighted by Crippen LogP contribution is 2.23. The van der Waals surface area contributed by atoms with E-state index in [1.165, 1.54) is 0 Å². The molecular weight excluding hydrogens is 200 g/mol. The molecule has 0 aliphatic carbocycles. The summed E-state index contributed by atoms with van der Waals surface area (Å²) in [5.74, 6) is 1.30. The van der Waals surface area contributed by atoms with Crippen LogP contribution in [0, 0.1) is 0 Å². The first-order valence-corrected chi connectivity index (χ1v) is 5.73. The van der Waals surface area contributed by atoms with Gasteiger partial charge >= 0.3 is 0 Å². The lowest BCUT2D eigenvalue weighted by Gasteiger charge is -2.20. The summed E-state index contributed by atoms with van der Waals surface area (Å²) in [7, 11) is 0. The molecule has 0 bridgehead atoms. The lowest BCUT2D eigenvalue weighted by atomic mass is 10.0. The van der Waals surface area contributed by atoms with Crippen LogP contribution in [-0.2, 0) is 4.74 Å². The van der Waals surface area contributed by atoms with Gasteiger partial charge in [0.25, 0.3) is 0 Å². The first-order chi connectivity index (χ1) is 7.93. The largest absolute Gasteiger partial charge is 0.381 e. The van der Waals surface area contributed by atoms with Gasteiger partial charge < -0.3 is 4.74 Å².